The van der Waals surface area contributed by atoms with Crippen LogP contribution in [0, 0.1) is 19.0 Å². The van der Waals surface area contributed by atoms with Crippen molar-refractivity contribution in [2.24, 2.45) is 0 Å². The number of hydrogen-bond acceptors (Lipinski definition) is 3. The fraction of sp³-hybridized carbons (Fsp3) is 0.150. The van der Waals surface area contributed by atoms with Gasteiger partial charge in [0.15, 0.2) is 0 Å². The molecule has 0 bridgehead atoms. The van der Waals surface area contributed by atoms with Gasteiger partial charge in [-0.1, -0.05) is 0 Å². The molecule has 6 heteroatoms. The molecule has 3 nitrogen and oxygen atoms in total. The molecule has 7 aromatic rings. The van der Waals surface area contributed by atoms with Crippen molar-refractivity contribution in [3.8, 4) is 33.6 Å². The molecule has 0 spiro atoms. The van der Waals surface area contributed by atoms with Crippen LogP contribution in [0.2, 0.25) is 28.8 Å². The summed E-state index contributed by atoms with van der Waals surface area (Å²) in [7, 11) is 0. The van der Waals surface area contributed by atoms with E-state index < -0.39 is 33.4 Å². The van der Waals surface area contributed by atoms with E-state index >= 15 is 0 Å². The summed E-state index contributed by atoms with van der Waals surface area (Å²) in [5, 5.41) is 2.06. The summed E-state index contributed by atoms with van der Waals surface area (Å²) < 4.78 is 34.2. The van der Waals surface area contributed by atoms with Crippen LogP contribution in [0.4, 0.5) is 0 Å². The number of furan rings is 1. The molecule has 0 aliphatic carbocycles. The van der Waals surface area contributed by atoms with Crippen LogP contribution in [0.3, 0.4) is 0 Å². The van der Waals surface area contributed by atoms with Gasteiger partial charge in [-0.3, -0.25) is 0 Å². The molecular formula is C40H36Ge2IrN2O-2. The van der Waals surface area contributed by atoms with Gasteiger partial charge in [0.25, 0.3) is 0 Å². The van der Waals surface area contributed by atoms with Crippen LogP contribution in [0.1, 0.15) is 9.68 Å². The largest absolute Gasteiger partial charge is 0 e. The molecular weight excluding hydrogens is 862 g/mol. The maximum absolute atomic E-state index is 7.75. The van der Waals surface area contributed by atoms with Crippen molar-refractivity contribution in [3.05, 3.63) is 127 Å². The Morgan fingerprint density at radius 1 is 0.761 bits per heavy atom. The molecule has 0 unspecified atom stereocenters. The summed E-state index contributed by atoms with van der Waals surface area (Å²) in [5.74, 6) is 12.0. The molecule has 1 aliphatic rings. The predicted octanol–water partition coefficient (Wildman–Crippen LogP) is 8.65. The van der Waals surface area contributed by atoms with Crippen LogP contribution in [0.5, 0.6) is 0 Å². The number of pyridine rings is 2. The SMILES string of the molecule is [2H]C([2H])([2H])c1ccnc(-c2[c-]ccc3c2oc2c4[c](ccc23)[Ge]([CH3])([CH3])[c]2ccccc2-4)c1.[CH3][Ge]([CH3])([CH3])[c]1ccc(-c2[c-]cccc2)nc1.[Ir]. The fourth-order valence-electron chi connectivity index (χ4n) is 6.29. The van der Waals surface area contributed by atoms with Crippen molar-refractivity contribution in [1.82, 2.24) is 9.97 Å². The first-order valence-electron chi connectivity index (χ1n) is 16.7. The summed E-state index contributed by atoms with van der Waals surface area (Å²) >= 11 is -4.10. The van der Waals surface area contributed by atoms with Gasteiger partial charge in [0.1, 0.15) is 0 Å². The summed E-state index contributed by atoms with van der Waals surface area (Å²) in [6.07, 6.45) is 3.58. The molecule has 8 rings (SSSR count). The van der Waals surface area contributed by atoms with Crippen molar-refractivity contribution in [1.29, 1.82) is 0 Å². The molecule has 3 aromatic heterocycles. The summed E-state index contributed by atoms with van der Waals surface area (Å²) in [6, 6.07) is 38.9. The molecule has 0 saturated heterocycles. The molecule has 0 saturated carbocycles. The van der Waals surface area contributed by atoms with Gasteiger partial charge in [0.05, 0.1) is 0 Å². The quantitative estimate of drug-likeness (QED) is 0.132. The van der Waals surface area contributed by atoms with Crippen LogP contribution in [0.25, 0.3) is 55.6 Å². The average Bonchev–Trinajstić information content (AvgIpc) is 3.57. The van der Waals surface area contributed by atoms with Crippen molar-refractivity contribution >= 4 is 61.7 Å². The molecule has 4 heterocycles. The summed E-state index contributed by atoms with van der Waals surface area (Å²) in [6.45, 7) is -2.19. The van der Waals surface area contributed by atoms with Gasteiger partial charge in [-0.25, -0.2) is 0 Å². The van der Waals surface area contributed by atoms with E-state index in [2.05, 4.69) is 99.4 Å². The summed E-state index contributed by atoms with van der Waals surface area (Å²) in [5.41, 5.74) is 7.67. The van der Waals surface area contributed by atoms with E-state index in [1.165, 1.54) is 36.6 Å². The van der Waals surface area contributed by atoms with Gasteiger partial charge in [0, 0.05) is 20.1 Å². The Morgan fingerprint density at radius 3 is 2.30 bits per heavy atom. The third-order valence-electron chi connectivity index (χ3n) is 8.78. The number of benzene rings is 4. The zero-order valence-electron chi connectivity index (χ0n) is 29.5. The Morgan fingerprint density at radius 2 is 1.57 bits per heavy atom. The number of aromatic nitrogens is 2. The Bertz CT molecular complexity index is 2290. The summed E-state index contributed by atoms with van der Waals surface area (Å²) in [4.78, 5) is 8.97. The van der Waals surface area contributed by atoms with Gasteiger partial charge >= 0.3 is 277 Å². The van der Waals surface area contributed by atoms with Crippen molar-refractivity contribution in [3.63, 3.8) is 0 Å². The first-order valence-corrected chi connectivity index (χ1v) is 28.9. The first kappa shape index (κ1) is 28.9. The zero-order chi connectivity index (χ0) is 33.8. The smallest absolute Gasteiger partial charge is 0 e. The average molecular weight is 901 g/mol. The van der Waals surface area contributed by atoms with E-state index in [0.29, 0.717) is 16.8 Å². The van der Waals surface area contributed by atoms with Crippen molar-refractivity contribution < 1.29 is 28.6 Å². The maximum atomic E-state index is 7.75. The van der Waals surface area contributed by atoms with Crippen LogP contribution >= 0.6 is 0 Å². The molecule has 231 valence electrons. The molecule has 1 aliphatic heterocycles. The predicted molar refractivity (Wildman–Crippen MR) is 194 cm³/mol. The first-order chi connectivity index (χ1) is 22.8. The molecule has 46 heavy (non-hydrogen) atoms. The van der Waals surface area contributed by atoms with E-state index in [4.69, 9.17) is 8.53 Å². The second-order valence-corrected chi connectivity index (χ2v) is 32.9. The Labute approximate surface area is 294 Å². The van der Waals surface area contributed by atoms with Gasteiger partial charge in [-0.2, -0.15) is 0 Å². The zero-order valence-corrected chi connectivity index (χ0v) is 33.1. The third-order valence-corrected chi connectivity index (χ3v) is 20.5. The van der Waals surface area contributed by atoms with Crippen LogP contribution in [-0.2, 0) is 20.1 Å². The second kappa shape index (κ2) is 12.7. The minimum atomic E-state index is -2.39. The van der Waals surface area contributed by atoms with Crippen molar-refractivity contribution in [2.75, 3.05) is 0 Å². The fourth-order valence-corrected chi connectivity index (χ4v) is 14.9. The third kappa shape index (κ3) is 5.86. The van der Waals surface area contributed by atoms with Crippen LogP contribution < -0.4 is 13.2 Å². The number of aryl methyl sites for hydroxylation is 1. The van der Waals surface area contributed by atoms with Gasteiger partial charge < -0.3 is 0 Å². The maximum Gasteiger partial charge on any atom is 0 e. The Balaban J connectivity index is 0.000000208. The number of hydrogen-bond donors (Lipinski definition) is 0. The van der Waals surface area contributed by atoms with E-state index in [-0.39, 0.29) is 25.7 Å². The van der Waals surface area contributed by atoms with E-state index in [1.807, 2.05) is 42.6 Å². The number of rotatable bonds is 3. The molecule has 0 N–H and O–H groups in total. The van der Waals surface area contributed by atoms with Gasteiger partial charge in [-0.15, -0.1) is 0 Å². The van der Waals surface area contributed by atoms with E-state index in [9.17, 15) is 0 Å². The van der Waals surface area contributed by atoms with E-state index in [1.54, 1.807) is 6.07 Å². The van der Waals surface area contributed by atoms with Crippen LogP contribution in [-0.4, -0.2) is 36.5 Å². The van der Waals surface area contributed by atoms with Gasteiger partial charge in [0.2, 0.25) is 0 Å². The van der Waals surface area contributed by atoms with E-state index in [0.717, 1.165) is 27.6 Å². The molecule has 0 amide bonds. The minimum Gasteiger partial charge on any atom is 0 e. The standard InChI is InChI=1S/C26H20GeNO.C14H16GeN.Ir/c1-16-13-14-28-23(15-16)20-9-6-8-17-18-11-12-22-24(26(18)29-25(17)20)19-7-4-5-10-21(19)27(22,2)3;1-15(2,3)13-9-10-14(16-11-13)12-7-5-4-6-8-12;/h4-8,10-15H,1-3H3;4-7,9-11H,1-3H3;/q2*-1;/i1D3;;. The molecule has 1 radical (unpaired) electrons. The van der Waals surface area contributed by atoms with Crippen molar-refractivity contribution in [2.45, 2.75) is 35.6 Å². The topological polar surface area (TPSA) is 38.9 Å². The second-order valence-electron chi connectivity index (χ2n) is 13.1. The normalized spacial score (nSPS) is 14.2. The molecule has 4 aromatic carbocycles. The monoisotopic (exact) mass is 904 g/mol. The van der Waals surface area contributed by atoms with Crippen LogP contribution in [0.15, 0.2) is 114 Å². The number of nitrogens with zero attached hydrogens (tertiary/aromatic N) is 2. The molecule has 0 atom stereocenters. The minimum absolute atomic E-state index is 0. The Hall–Kier alpha value is -3.28. The molecule has 0 fully saturated rings. The van der Waals surface area contributed by atoms with Gasteiger partial charge in [-0.05, 0) is 0 Å². The number of fused-ring (bicyclic) bond motifs is 7. The Kier molecular flexibility index (Phi) is 8.00.